The molecule has 1 aromatic rings. The summed E-state index contributed by atoms with van der Waals surface area (Å²) < 4.78 is 0. The van der Waals surface area contributed by atoms with Crippen LogP contribution in [0.5, 0.6) is 0 Å². The Hall–Kier alpha value is -1.33. The number of rotatable bonds is 4. The topological polar surface area (TPSA) is 74.4 Å². The van der Waals surface area contributed by atoms with Gasteiger partial charge in [-0.15, -0.1) is 0 Å². The van der Waals surface area contributed by atoms with Gasteiger partial charge >= 0.3 is 0 Å². The Labute approximate surface area is 108 Å². The van der Waals surface area contributed by atoms with Gasteiger partial charge in [0.1, 0.15) is 5.82 Å². The van der Waals surface area contributed by atoms with Gasteiger partial charge in [0.15, 0.2) is 0 Å². The van der Waals surface area contributed by atoms with Crippen molar-refractivity contribution in [3.05, 3.63) is 18.3 Å². The molecule has 2 heterocycles. The number of aromatic nitrogens is 1. The molecule has 1 atom stereocenters. The smallest absolute Gasteiger partial charge is 0.128 e. The molecule has 0 bridgehead atoms. The zero-order chi connectivity index (χ0) is 13.2. The average molecular weight is 250 g/mol. The van der Waals surface area contributed by atoms with Crippen molar-refractivity contribution in [1.82, 2.24) is 4.98 Å². The monoisotopic (exact) mass is 250 g/mol. The molecule has 1 fully saturated rings. The molecule has 1 saturated heterocycles. The van der Waals surface area contributed by atoms with Gasteiger partial charge in [-0.2, -0.15) is 0 Å². The van der Waals surface area contributed by atoms with Gasteiger partial charge in [0, 0.05) is 43.6 Å². The van der Waals surface area contributed by atoms with Crippen LogP contribution in [0.4, 0.5) is 11.5 Å². The Morgan fingerprint density at radius 1 is 1.61 bits per heavy atom. The maximum atomic E-state index is 9.68. The highest BCUT2D eigenvalue weighted by Crippen LogP contribution is 2.21. The fourth-order valence-corrected chi connectivity index (χ4v) is 2.04. The lowest BCUT2D eigenvalue weighted by molar-refractivity contribution is 0.0944. The summed E-state index contributed by atoms with van der Waals surface area (Å²) in [6, 6.07) is 4.27. The molecule has 0 aliphatic carbocycles. The van der Waals surface area contributed by atoms with Gasteiger partial charge in [0.05, 0.1) is 5.60 Å². The molecule has 1 aliphatic rings. The number of aliphatic hydroxyl groups is 1. The van der Waals surface area contributed by atoms with Crippen LogP contribution in [0.3, 0.4) is 0 Å². The predicted molar refractivity (Wildman–Crippen MR) is 73.8 cm³/mol. The Morgan fingerprint density at radius 3 is 3.00 bits per heavy atom. The van der Waals surface area contributed by atoms with E-state index < -0.39 is 5.60 Å². The number of nitrogens with one attached hydrogen (secondary N) is 1. The minimum absolute atomic E-state index is 0.269. The van der Waals surface area contributed by atoms with Crippen LogP contribution < -0.4 is 16.0 Å². The van der Waals surface area contributed by atoms with Crippen LogP contribution in [-0.4, -0.2) is 41.4 Å². The maximum absolute atomic E-state index is 9.68. The van der Waals surface area contributed by atoms with E-state index in [4.69, 9.17) is 5.73 Å². The van der Waals surface area contributed by atoms with Gasteiger partial charge < -0.3 is 21.1 Å². The Balaban J connectivity index is 2.01. The molecular formula is C13H22N4O. The number of nitrogens with zero attached hydrogens (tertiary/aromatic N) is 2. The normalized spacial score (nSPS) is 20.2. The quantitative estimate of drug-likeness (QED) is 0.737. The first kappa shape index (κ1) is 13.1. The van der Waals surface area contributed by atoms with Crippen LogP contribution in [0.1, 0.15) is 20.3 Å². The third-order valence-electron chi connectivity index (χ3n) is 3.04. The van der Waals surface area contributed by atoms with Gasteiger partial charge in [-0.25, -0.2) is 4.98 Å². The summed E-state index contributed by atoms with van der Waals surface area (Å²) in [4.78, 5) is 6.52. The molecule has 0 radical (unpaired) electrons. The van der Waals surface area contributed by atoms with Crippen molar-refractivity contribution in [2.45, 2.75) is 31.9 Å². The molecule has 0 spiro atoms. The van der Waals surface area contributed by atoms with E-state index in [1.54, 1.807) is 20.0 Å². The molecule has 2 rings (SSSR count). The van der Waals surface area contributed by atoms with Crippen molar-refractivity contribution in [3.63, 3.8) is 0 Å². The molecule has 0 unspecified atom stereocenters. The van der Waals surface area contributed by atoms with Crippen LogP contribution in [0.2, 0.25) is 0 Å². The second kappa shape index (κ2) is 5.12. The SMILES string of the molecule is CC(C)(O)CNc1cc(N2CC[C@@H](N)C2)ccn1. The van der Waals surface area contributed by atoms with E-state index in [2.05, 4.69) is 15.2 Å². The number of anilines is 2. The number of hydrogen-bond donors (Lipinski definition) is 3. The van der Waals surface area contributed by atoms with E-state index in [-0.39, 0.29) is 6.04 Å². The lowest BCUT2D eigenvalue weighted by Crippen LogP contribution is -2.30. The molecule has 0 saturated carbocycles. The summed E-state index contributed by atoms with van der Waals surface area (Å²) in [5.74, 6) is 0.787. The summed E-state index contributed by atoms with van der Waals surface area (Å²) in [7, 11) is 0. The van der Waals surface area contributed by atoms with Gasteiger partial charge in [-0.1, -0.05) is 0 Å². The zero-order valence-corrected chi connectivity index (χ0v) is 11.1. The number of hydrogen-bond acceptors (Lipinski definition) is 5. The first-order valence-corrected chi connectivity index (χ1v) is 6.37. The molecular weight excluding hydrogens is 228 g/mol. The van der Waals surface area contributed by atoms with Crippen LogP contribution in [-0.2, 0) is 0 Å². The van der Waals surface area contributed by atoms with Gasteiger partial charge in [0.2, 0.25) is 0 Å². The summed E-state index contributed by atoms with van der Waals surface area (Å²) >= 11 is 0. The highest BCUT2D eigenvalue weighted by Gasteiger charge is 2.19. The predicted octanol–water partition coefficient (Wildman–Crippen LogP) is 0.802. The van der Waals surface area contributed by atoms with Crippen molar-refractivity contribution in [2.24, 2.45) is 5.73 Å². The van der Waals surface area contributed by atoms with Crippen molar-refractivity contribution >= 4 is 11.5 Å². The minimum atomic E-state index is -0.742. The molecule has 100 valence electrons. The summed E-state index contributed by atoms with van der Waals surface area (Å²) in [5, 5.41) is 12.8. The van der Waals surface area contributed by atoms with E-state index >= 15 is 0 Å². The van der Waals surface area contributed by atoms with E-state index in [0.717, 1.165) is 31.0 Å². The molecule has 1 aromatic heterocycles. The molecule has 0 amide bonds. The lowest BCUT2D eigenvalue weighted by atomic mass is 10.1. The van der Waals surface area contributed by atoms with Gasteiger partial charge in [-0.3, -0.25) is 0 Å². The Kier molecular flexibility index (Phi) is 3.73. The second-order valence-corrected chi connectivity index (χ2v) is 5.56. The van der Waals surface area contributed by atoms with E-state index in [1.165, 1.54) is 0 Å². The molecule has 4 N–H and O–H groups in total. The fraction of sp³-hybridized carbons (Fsp3) is 0.615. The van der Waals surface area contributed by atoms with E-state index in [1.807, 2.05) is 12.1 Å². The molecule has 5 nitrogen and oxygen atoms in total. The van der Waals surface area contributed by atoms with Crippen molar-refractivity contribution in [3.8, 4) is 0 Å². The highest BCUT2D eigenvalue weighted by atomic mass is 16.3. The van der Waals surface area contributed by atoms with Crippen molar-refractivity contribution < 1.29 is 5.11 Å². The third-order valence-corrected chi connectivity index (χ3v) is 3.04. The Morgan fingerprint density at radius 2 is 2.39 bits per heavy atom. The summed E-state index contributed by atoms with van der Waals surface area (Å²) in [6.45, 7) is 5.90. The average Bonchev–Trinajstić information content (AvgIpc) is 2.73. The Bertz CT molecular complexity index is 402. The van der Waals surface area contributed by atoms with Crippen LogP contribution >= 0.6 is 0 Å². The van der Waals surface area contributed by atoms with Gasteiger partial charge in [0.25, 0.3) is 0 Å². The maximum Gasteiger partial charge on any atom is 0.128 e. The third kappa shape index (κ3) is 3.58. The number of nitrogens with two attached hydrogens (primary N) is 1. The number of pyridine rings is 1. The standard InChI is InChI=1S/C13H22N4O/c1-13(2,18)9-16-12-7-11(3-5-15-12)17-6-4-10(14)8-17/h3,5,7,10,18H,4,6,8-9,14H2,1-2H3,(H,15,16)/t10-/m1/s1. The van der Waals surface area contributed by atoms with Crippen LogP contribution in [0.15, 0.2) is 18.3 Å². The minimum Gasteiger partial charge on any atom is -0.389 e. The van der Waals surface area contributed by atoms with E-state index in [9.17, 15) is 5.11 Å². The summed E-state index contributed by atoms with van der Waals surface area (Å²) in [6.07, 6.45) is 2.82. The lowest BCUT2D eigenvalue weighted by Gasteiger charge is -2.21. The van der Waals surface area contributed by atoms with Crippen LogP contribution in [0.25, 0.3) is 0 Å². The van der Waals surface area contributed by atoms with Gasteiger partial charge in [-0.05, 0) is 26.3 Å². The molecule has 0 aromatic carbocycles. The molecule has 1 aliphatic heterocycles. The second-order valence-electron chi connectivity index (χ2n) is 5.56. The van der Waals surface area contributed by atoms with Crippen molar-refractivity contribution in [1.29, 1.82) is 0 Å². The summed E-state index contributed by atoms with van der Waals surface area (Å²) in [5.41, 5.74) is 6.30. The highest BCUT2D eigenvalue weighted by molar-refractivity contribution is 5.54. The fourth-order valence-electron chi connectivity index (χ4n) is 2.04. The molecule has 5 heteroatoms. The van der Waals surface area contributed by atoms with Crippen LogP contribution in [0, 0.1) is 0 Å². The molecule has 18 heavy (non-hydrogen) atoms. The first-order valence-electron chi connectivity index (χ1n) is 6.37. The van der Waals surface area contributed by atoms with E-state index in [0.29, 0.717) is 6.54 Å². The largest absolute Gasteiger partial charge is 0.389 e. The first-order chi connectivity index (χ1) is 8.44. The van der Waals surface area contributed by atoms with Crippen molar-refractivity contribution in [2.75, 3.05) is 29.9 Å². The zero-order valence-electron chi connectivity index (χ0n) is 11.1.